The Kier molecular flexibility index (Phi) is 4.29. The van der Waals surface area contributed by atoms with Gasteiger partial charge in [0.15, 0.2) is 0 Å². The van der Waals surface area contributed by atoms with Gasteiger partial charge in [0.25, 0.3) is 5.91 Å². The van der Waals surface area contributed by atoms with Crippen LogP contribution in [0.15, 0.2) is 12.5 Å². The smallest absolute Gasteiger partial charge is 0.293 e. The Bertz CT molecular complexity index is 763. The number of aromatic nitrogens is 5. The van der Waals surface area contributed by atoms with Crippen molar-refractivity contribution in [1.82, 2.24) is 29.4 Å². The van der Waals surface area contributed by atoms with Crippen LogP contribution in [0.2, 0.25) is 0 Å². The molecule has 134 valence electrons. The van der Waals surface area contributed by atoms with Crippen LogP contribution in [0.3, 0.4) is 0 Å². The molecular weight excluding hydrogens is 320 g/mol. The minimum atomic E-state index is -0.136. The Labute approximate surface area is 146 Å². The molecule has 3 heterocycles. The number of ether oxygens (including phenoxy) is 1. The van der Waals surface area contributed by atoms with Gasteiger partial charge in [0.05, 0.1) is 18.5 Å². The van der Waals surface area contributed by atoms with Crippen molar-refractivity contribution in [3.8, 4) is 0 Å². The van der Waals surface area contributed by atoms with Gasteiger partial charge in [-0.25, -0.2) is 4.98 Å². The van der Waals surface area contributed by atoms with E-state index in [-0.39, 0.29) is 17.6 Å². The van der Waals surface area contributed by atoms with Gasteiger partial charge in [0, 0.05) is 44.8 Å². The standard InChI is InChI=1S/C17H24N6O2/c1-3-23-15-13(6-19-23)7-22(17(24)16-18-11-21(2)20-16)8-14(15)10-25-9-12-4-5-12/h6,11-12,14H,3-5,7-10H2,1-2H3/t14-/m0/s1. The highest BCUT2D eigenvalue weighted by Gasteiger charge is 2.33. The van der Waals surface area contributed by atoms with E-state index < -0.39 is 0 Å². The van der Waals surface area contributed by atoms with Gasteiger partial charge in [0.2, 0.25) is 5.82 Å². The summed E-state index contributed by atoms with van der Waals surface area (Å²) < 4.78 is 9.52. The average molecular weight is 344 g/mol. The lowest BCUT2D eigenvalue weighted by Gasteiger charge is -2.32. The second-order valence-electron chi connectivity index (χ2n) is 6.98. The largest absolute Gasteiger partial charge is 0.380 e. The minimum absolute atomic E-state index is 0.136. The number of amides is 1. The molecule has 8 heteroatoms. The van der Waals surface area contributed by atoms with E-state index >= 15 is 0 Å². The molecule has 1 amide bonds. The molecule has 0 saturated heterocycles. The second kappa shape index (κ2) is 6.59. The predicted molar refractivity (Wildman–Crippen MR) is 89.9 cm³/mol. The van der Waals surface area contributed by atoms with Gasteiger partial charge in [-0.15, -0.1) is 5.10 Å². The fourth-order valence-electron chi connectivity index (χ4n) is 3.43. The highest BCUT2D eigenvalue weighted by molar-refractivity contribution is 5.90. The zero-order valence-electron chi connectivity index (χ0n) is 14.8. The van der Waals surface area contributed by atoms with Gasteiger partial charge in [-0.2, -0.15) is 5.10 Å². The Balaban J connectivity index is 1.53. The molecule has 8 nitrogen and oxygen atoms in total. The summed E-state index contributed by atoms with van der Waals surface area (Å²) >= 11 is 0. The molecule has 1 aliphatic carbocycles. The van der Waals surface area contributed by atoms with Crippen LogP contribution in [0.1, 0.15) is 47.6 Å². The SMILES string of the molecule is CCn1ncc2c1[C@H](COCC1CC1)CN(C(=O)c1ncn(C)n1)C2. The first-order chi connectivity index (χ1) is 12.2. The third kappa shape index (κ3) is 3.30. The van der Waals surface area contributed by atoms with E-state index in [1.807, 2.05) is 15.8 Å². The Morgan fingerprint density at radius 3 is 2.88 bits per heavy atom. The van der Waals surface area contributed by atoms with E-state index in [2.05, 4.69) is 22.1 Å². The van der Waals surface area contributed by atoms with Crippen molar-refractivity contribution in [3.63, 3.8) is 0 Å². The van der Waals surface area contributed by atoms with Gasteiger partial charge in [0.1, 0.15) is 6.33 Å². The fraction of sp³-hybridized carbons (Fsp3) is 0.647. The lowest BCUT2D eigenvalue weighted by Crippen LogP contribution is -2.40. The molecule has 1 fully saturated rings. The first-order valence-electron chi connectivity index (χ1n) is 8.93. The van der Waals surface area contributed by atoms with E-state index in [1.165, 1.54) is 18.5 Å². The maximum atomic E-state index is 12.8. The molecule has 25 heavy (non-hydrogen) atoms. The topological polar surface area (TPSA) is 78.1 Å². The van der Waals surface area contributed by atoms with Crippen molar-refractivity contribution in [3.05, 3.63) is 29.6 Å². The molecule has 0 N–H and O–H groups in total. The summed E-state index contributed by atoms with van der Waals surface area (Å²) in [5.41, 5.74) is 2.30. The molecule has 1 aliphatic heterocycles. The van der Waals surface area contributed by atoms with Crippen LogP contribution in [-0.4, -0.2) is 55.1 Å². The van der Waals surface area contributed by atoms with Crippen molar-refractivity contribution in [2.75, 3.05) is 19.8 Å². The van der Waals surface area contributed by atoms with Crippen molar-refractivity contribution >= 4 is 5.91 Å². The van der Waals surface area contributed by atoms with Crippen molar-refractivity contribution < 1.29 is 9.53 Å². The minimum Gasteiger partial charge on any atom is -0.380 e. The van der Waals surface area contributed by atoms with Gasteiger partial charge >= 0.3 is 0 Å². The summed E-state index contributed by atoms with van der Waals surface area (Å²) in [6.07, 6.45) is 5.98. The Morgan fingerprint density at radius 1 is 1.36 bits per heavy atom. The van der Waals surface area contributed by atoms with Crippen molar-refractivity contribution in [2.24, 2.45) is 13.0 Å². The number of aryl methyl sites for hydroxylation is 2. The zero-order valence-corrected chi connectivity index (χ0v) is 14.8. The van der Waals surface area contributed by atoms with E-state index in [1.54, 1.807) is 18.1 Å². The van der Waals surface area contributed by atoms with E-state index in [9.17, 15) is 4.79 Å². The molecule has 0 spiro atoms. The monoisotopic (exact) mass is 344 g/mol. The molecule has 0 aromatic carbocycles. The summed E-state index contributed by atoms with van der Waals surface area (Å²) in [7, 11) is 1.76. The maximum absolute atomic E-state index is 12.8. The van der Waals surface area contributed by atoms with Crippen LogP contribution < -0.4 is 0 Å². The number of carbonyl (C=O) groups excluding carboxylic acids is 1. The first kappa shape index (κ1) is 16.3. The molecular formula is C17H24N6O2. The molecule has 0 unspecified atom stereocenters. The lowest BCUT2D eigenvalue weighted by atomic mass is 9.96. The number of rotatable bonds is 6. The van der Waals surface area contributed by atoms with Crippen LogP contribution >= 0.6 is 0 Å². The number of carbonyl (C=O) groups is 1. The summed E-state index contributed by atoms with van der Waals surface area (Å²) in [5, 5.41) is 8.62. The van der Waals surface area contributed by atoms with Crippen LogP contribution in [0.25, 0.3) is 0 Å². The summed E-state index contributed by atoms with van der Waals surface area (Å²) in [6, 6.07) is 0. The zero-order chi connectivity index (χ0) is 17.4. The van der Waals surface area contributed by atoms with Gasteiger partial charge < -0.3 is 9.64 Å². The third-order valence-electron chi connectivity index (χ3n) is 4.90. The lowest BCUT2D eigenvalue weighted by molar-refractivity contribution is 0.0609. The molecule has 1 atom stereocenters. The molecule has 2 aliphatic rings. The van der Waals surface area contributed by atoms with Crippen LogP contribution in [0.4, 0.5) is 0 Å². The fourth-order valence-corrected chi connectivity index (χ4v) is 3.43. The second-order valence-corrected chi connectivity index (χ2v) is 6.98. The van der Waals surface area contributed by atoms with Crippen molar-refractivity contribution in [1.29, 1.82) is 0 Å². The summed E-state index contributed by atoms with van der Waals surface area (Å²) in [6.45, 7) is 5.51. The highest BCUT2D eigenvalue weighted by Crippen LogP contribution is 2.32. The third-order valence-corrected chi connectivity index (χ3v) is 4.90. The Hall–Kier alpha value is -2.22. The van der Waals surface area contributed by atoms with Gasteiger partial charge in [-0.05, 0) is 25.7 Å². The number of hydrogen-bond donors (Lipinski definition) is 0. The number of hydrogen-bond acceptors (Lipinski definition) is 5. The first-order valence-corrected chi connectivity index (χ1v) is 8.93. The molecule has 0 bridgehead atoms. The summed E-state index contributed by atoms with van der Waals surface area (Å²) in [4.78, 5) is 18.7. The predicted octanol–water partition coefficient (Wildman–Crippen LogP) is 1.20. The Morgan fingerprint density at radius 2 is 2.20 bits per heavy atom. The quantitative estimate of drug-likeness (QED) is 0.787. The van der Waals surface area contributed by atoms with E-state index in [4.69, 9.17) is 4.74 Å². The van der Waals surface area contributed by atoms with Crippen LogP contribution in [-0.2, 0) is 24.9 Å². The average Bonchev–Trinajstić information content (AvgIpc) is 3.17. The maximum Gasteiger partial charge on any atom is 0.293 e. The molecule has 2 aromatic rings. The highest BCUT2D eigenvalue weighted by atomic mass is 16.5. The van der Waals surface area contributed by atoms with Gasteiger partial charge in [-0.3, -0.25) is 14.2 Å². The number of fused-ring (bicyclic) bond motifs is 1. The molecule has 0 radical (unpaired) electrons. The molecule has 1 saturated carbocycles. The summed E-state index contributed by atoms with van der Waals surface area (Å²) in [5.74, 6) is 0.974. The molecule has 2 aromatic heterocycles. The van der Waals surface area contributed by atoms with E-state index in [0.717, 1.165) is 24.6 Å². The van der Waals surface area contributed by atoms with E-state index in [0.29, 0.717) is 19.7 Å². The molecule has 4 rings (SSSR count). The normalized spacial score (nSPS) is 19.9. The number of nitrogens with zero attached hydrogens (tertiary/aromatic N) is 6. The van der Waals surface area contributed by atoms with Crippen molar-refractivity contribution in [2.45, 2.75) is 38.8 Å². The van der Waals surface area contributed by atoms with Crippen LogP contribution in [0.5, 0.6) is 0 Å². The van der Waals surface area contributed by atoms with Crippen LogP contribution in [0, 0.1) is 5.92 Å². The van der Waals surface area contributed by atoms with Gasteiger partial charge in [-0.1, -0.05) is 0 Å².